The lowest BCUT2D eigenvalue weighted by Crippen LogP contribution is -2.23. The van der Waals surface area contributed by atoms with Crippen molar-refractivity contribution < 1.29 is 0 Å². The first-order valence-corrected chi connectivity index (χ1v) is 10.2. The number of benzene rings is 2. The predicted octanol–water partition coefficient (Wildman–Crippen LogP) is 5.18. The molecule has 4 heteroatoms. The summed E-state index contributed by atoms with van der Waals surface area (Å²) in [6, 6.07) is 13.7. The molecule has 0 N–H and O–H groups in total. The minimum absolute atomic E-state index is 0.00167. The van der Waals surface area contributed by atoms with E-state index in [1.165, 1.54) is 21.9 Å². The molecule has 0 amide bonds. The maximum Gasteiger partial charge on any atom is 0.103 e. The van der Waals surface area contributed by atoms with Crippen LogP contribution < -0.4 is 0 Å². The zero-order valence-electron chi connectivity index (χ0n) is 13.8. The van der Waals surface area contributed by atoms with Gasteiger partial charge in [-0.3, -0.25) is 0 Å². The van der Waals surface area contributed by atoms with Crippen molar-refractivity contribution in [1.82, 2.24) is 9.55 Å². The van der Waals surface area contributed by atoms with Crippen molar-refractivity contribution in [3.63, 3.8) is 0 Å². The third-order valence-corrected chi connectivity index (χ3v) is 7.41. The third-order valence-electron chi connectivity index (χ3n) is 4.36. The highest BCUT2D eigenvalue weighted by Crippen LogP contribution is 2.46. The Kier molecular flexibility index (Phi) is 5.02. The molecule has 0 atom stereocenters. The molecule has 1 heterocycles. The van der Waals surface area contributed by atoms with Gasteiger partial charge in [-0.15, -0.1) is 23.5 Å². The molecule has 2 aromatic carbocycles. The van der Waals surface area contributed by atoms with Crippen LogP contribution in [0.25, 0.3) is 10.8 Å². The first-order chi connectivity index (χ1) is 11.2. The Labute approximate surface area is 146 Å². The highest BCUT2D eigenvalue weighted by molar-refractivity contribution is 8.16. The molecular formula is C19H22N2S2. The molecule has 0 aliphatic carbocycles. The number of thioether (sulfide) groups is 2. The quantitative estimate of drug-likeness (QED) is 0.575. The van der Waals surface area contributed by atoms with Gasteiger partial charge in [0.15, 0.2) is 0 Å². The molecule has 0 aliphatic rings. The van der Waals surface area contributed by atoms with Crippen molar-refractivity contribution in [2.24, 2.45) is 0 Å². The van der Waals surface area contributed by atoms with Gasteiger partial charge in [-0.2, -0.15) is 0 Å². The van der Waals surface area contributed by atoms with Gasteiger partial charge >= 0.3 is 0 Å². The highest BCUT2D eigenvalue weighted by Gasteiger charge is 2.31. The lowest BCUT2D eigenvalue weighted by Gasteiger charge is -2.31. The molecule has 1 aromatic heterocycles. The normalized spacial score (nSPS) is 12.0. The maximum absolute atomic E-state index is 4.18. The summed E-state index contributed by atoms with van der Waals surface area (Å²) in [4.78, 5) is 4.18. The summed E-state index contributed by atoms with van der Waals surface area (Å²) in [6.45, 7) is 3.11. The summed E-state index contributed by atoms with van der Waals surface area (Å²) in [6.07, 6.45) is 11.2. The Bertz CT molecular complexity index is 777. The fraction of sp³-hybridized carbons (Fsp3) is 0.316. The minimum atomic E-state index is -0.00167. The van der Waals surface area contributed by atoms with Gasteiger partial charge in [0.25, 0.3) is 0 Å². The minimum Gasteiger partial charge on any atom is -0.335 e. The van der Waals surface area contributed by atoms with E-state index in [1.54, 1.807) is 0 Å². The summed E-state index contributed by atoms with van der Waals surface area (Å²) in [5, 5.41) is 2.64. The van der Waals surface area contributed by atoms with Crippen molar-refractivity contribution in [2.75, 3.05) is 12.5 Å². The van der Waals surface area contributed by atoms with E-state index in [-0.39, 0.29) is 4.08 Å². The summed E-state index contributed by atoms with van der Waals surface area (Å²) in [5.74, 6) is 0. The molecule has 3 aromatic rings. The van der Waals surface area contributed by atoms with Gasteiger partial charge in [0, 0.05) is 12.4 Å². The van der Waals surface area contributed by atoms with E-state index < -0.39 is 0 Å². The van der Waals surface area contributed by atoms with Gasteiger partial charge in [-0.05, 0) is 46.9 Å². The smallest absolute Gasteiger partial charge is 0.103 e. The van der Waals surface area contributed by atoms with Crippen molar-refractivity contribution in [2.45, 2.75) is 24.0 Å². The Morgan fingerprint density at radius 2 is 1.78 bits per heavy atom. The Hall–Kier alpha value is -1.39. The topological polar surface area (TPSA) is 17.8 Å². The van der Waals surface area contributed by atoms with E-state index in [9.17, 15) is 0 Å². The van der Waals surface area contributed by atoms with Crippen LogP contribution in [0.1, 0.15) is 18.1 Å². The average Bonchev–Trinajstić information content (AvgIpc) is 3.11. The zero-order chi connectivity index (χ0) is 16.3. The van der Waals surface area contributed by atoms with Gasteiger partial charge in [-0.25, -0.2) is 4.98 Å². The van der Waals surface area contributed by atoms with E-state index in [2.05, 4.69) is 65.4 Å². The van der Waals surface area contributed by atoms with Crippen LogP contribution in [0.2, 0.25) is 0 Å². The molecule has 0 aliphatic heterocycles. The van der Waals surface area contributed by atoms with E-state index in [0.717, 1.165) is 13.0 Å². The Morgan fingerprint density at radius 1 is 1.04 bits per heavy atom. The summed E-state index contributed by atoms with van der Waals surface area (Å²) < 4.78 is 2.16. The third kappa shape index (κ3) is 3.29. The van der Waals surface area contributed by atoms with Crippen LogP contribution >= 0.6 is 23.5 Å². The SMILES string of the molecule is CCc1ccc2cc(C(Cn3ccnc3)(SC)SC)ccc2c1. The number of fused-ring (bicyclic) bond motifs is 1. The molecule has 3 rings (SSSR count). The molecule has 0 saturated heterocycles. The Morgan fingerprint density at radius 3 is 2.43 bits per heavy atom. The molecule has 0 bridgehead atoms. The average molecular weight is 343 g/mol. The number of aryl methyl sites for hydroxylation is 1. The fourth-order valence-corrected chi connectivity index (χ4v) is 4.86. The first-order valence-electron chi connectivity index (χ1n) is 7.80. The van der Waals surface area contributed by atoms with Gasteiger partial charge in [0.2, 0.25) is 0 Å². The molecule has 0 unspecified atom stereocenters. The standard InChI is InChI=1S/C19H22N2S2/c1-4-15-5-6-17-12-18(8-7-16(17)11-15)19(22-2,23-3)13-21-10-9-20-14-21/h5-12,14H,4,13H2,1-3H3. The van der Waals surface area contributed by atoms with Crippen LogP contribution in [0.5, 0.6) is 0 Å². The number of imidazole rings is 1. The number of hydrogen-bond acceptors (Lipinski definition) is 3. The predicted molar refractivity (Wildman–Crippen MR) is 104 cm³/mol. The zero-order valence-corrected chi connectivity index (χ0v) is 15.5. The first kappa shape index (κ1) is 16.5. The van der Waals surface area contributed by atoms with Crippen molar-refractivity contribution in [1.29, 1.82) is 0 Å². The molecule has 23 heavy (non-hydrogen) atoms. The van der Waals surface area contributed by atoms with Crippen molar-refractivity contribution >= 4 is 34.3 Å². The largest absolute Gasteiger partial charge is 0.335 e. The number of rotatable bonds is 6. The molecule has 0 radical (unpaired) electrons. The van der Waals surface area contributed by atoms with Gasteiger partial charge in [0.05, 0.1) is 12.9 Å². The van der Waals surface area contributed by atoms with Crippen LogP contribution in [0, 0.1) is 0 Å². The second-order valence-electron chi connectivity index (χ2n) is 5.65. The van der Waals surface area contributed by atoms with E-state index in [4.69, 9.17) is 0 Å². The van der Waals surface area contributed by atoms with E-state index >= 15 is 0 Å². The van der Waals surface area contributed by atoms with Gasteiger partial charge < -0.3 is 4.57 Å². The molecule has 2 nitrogen and oxygen atoms in total. The second kappa shape index (κ2) is 7.02. The molecule has 0 spiro atoms. The molecule has 0 saturated carbocycles. The number of aromatic nitrogens is 2. The summed E-state index contributed by atoms with van der Waals surface area (Å²) in [5.41, 5.74) is 2.76. The molecule has 120 valence electrons. The van der Waals surface area contributed by atoms with Crippen LogP contribution in [0.3, 0.4) is 0 Å². The highest BCUT2D eigenvalue weighted by atomic mass is 32.2. The number of nitrogens with zero attached hydrogens (tertiary/aromatic N) is 2. The van der Waals surface area contributed by atoms with Crippen LogP contribution in [-0.2, 0) is 17.0 Å². The lowest BCUT2D eigenvalue weighted by molar-refractivity contribution is 0.651. The van der Waals surface area contributed by atoms with Crippen LogP contribution in [-0.4, -0.2) is 22.1 Å². The van der Waals surface area contributed by atoms with Crippen LogP contribution in [0.4, 0.5) is 0 Å². The van der Waals surface area contributed by atoms with E-state index in [1.807, 2.05) is 42.2 Å². The van der Waals surface area contributed by atoms with E-state index in [0.29, 0.717) is 0 Å². The monoisotopic (exact) mass is 342 g/mol. The molecule has 0 fully saturated rings. The fourth-order valence-electron chi connectivity index (χ4n) is 2.91. The Balaban J connectivity index is 2.03. The molecular weight excluding hydrogens is 320 g/mol. The second-order valence-corrected chi connectivity index (χ2v) is 8.11. The summed E-state index contributed by atoms with van der Waals surface area (Å²) in [7, 11) is 0. The number of hydrogen-bond donors (Lipinski definition) is 0. The van der Waals surface area contributed by atoms with Gasteiger partial charge in [-0.1, -0.05) is 37.3 Å². The van der Waals surface area contributed by atoms with Crippen molar-refractivity contribution in [3.05, 3.63) is 66.2 Å². The van der Waals surface area contributed by atoms with Gasteiger partial charge in [0.1, 0.15) is 4.08 Å². The van der Waals surface area contributed by atoms with Crippen molar-refractivity contribution in [3.8, 4) is 0 Å². The lowest BCUT2D eigenvalue weighted by atomic mass is 10.0. The maximum atomic E-state index is 4.18. The van der Waals surface area contributed by atoms with Crippen LogP contribution in [0.15, 0.2) is 55.1 Å². The summed E-state index contributed by atoms with van der Waals surface area (Å²) >= 11 is 3.80.